The first-order valence-electron chi connectivity index (χ1n) is 5.94. The zero-order valence-electron chi connectivity index (χ0n) is 11.2. The normalized spacial score (nSPS) is 31.1. The zero-order valence-corrected chi connectivity index (χ0v) is 11.2. The largest absolute Gasteiger partial charge is 0.550 e. The van der Waals surface area contributed by atoms with Gasteiger partial charge in [-0.15, -0.1) is 0 Å². The van der Waals surface area contributed by atoms with Crippen molar-refractivity contribution in [3.63, 3.8) is 0 Å². The number of nitrogens with two attached hydrogens (primary N) is 1. The van der Waals surface area contributed by atoms with E-state index < -0.39 is 28.7 Å². The minimum absolute atomic E-state index is 0.403. The third-order valence-electron chi connectivity index (χ3n) is 4.64. The molecule has 1 rings (SSSR count). The Morgan fingerprint density at radius 1 is 1.39 bits per heavy atom. The van der Waals surface area contributed by atoms with E-state index in [0.717, 1.165) is 0 Å². The van der Waals surface area contributed by atoms with Gasteiger partial charge in [0.2, 0.25) is 0 Å². The van der Waals surface area contributed by atoms with E-state index in [4.69, 9.17) is 5.73 Å². The summed E-state index contributed by atoms with van der Waals surface area (Å²) in [6.45, 7) is 7.51. The quantitative estimate of drug-likeness (QED) is 0.555. The number of carbonyl (C=O) groups is 2. The summed E-state index contributed by atoms with van der Waals surface area (Å²) < 4.78 is 0. The Balaban J connectivity index is 3.04. The van der Waals surface area contributed by atoms with E-state index in [0.29, 0.717) is 18.6 Å². The number of urea groups is 1. The molecule has 1 saturated carbocycles. The Morgan fingerprint density at radius 2 is 1.94 bits per heavy atom. The monoisotopic (exact) mass is 254 g/mol. The predicted octanol–water partition coefficient (Wildman–Crippen LogP) is 0.223. The topological polar surface area (TPSA) is 108 Å². The lowest BCUT2D eigenvalue weighted by atomic mass is 9.63. The van der Waals surface area contributed by atoms with Gasteiger partial charge in [0.25, 0.3) is 0 Å². The fourth-order valence-electron chi connectivity index (χ4n) is 2.82. The van der Waals surface area contributed by atoms with Crippen molar-refractivity contribution in [1.29, 1.82) is 0 Å². The molecule has 0 bridgehead atoms. The summed E-state index contributed by atoms with van der Waals surface area (Å²) in [7, 11) is 0. The Bertz CT molecular complexity index is 403. The molecule has 6 heteroatoms. The number of hydrogen-bond donors (Lipinski definition) is 2. The molecule has 2 amide bonds. The summed E-state index contributed by atoms with van der Waals surface area (Å²) in [4.78, 5) is 21.8. The fourth-order valence-corrected chi connectivity index (χ4v) is 2.82. The van der Waals surface area contributed by atoms with Gasteiger partial charge in [-0.3, -0.25) is 0 Å². The second-order valence-corrected chi connectivity index (χ2v) is 5.64. The lowest BCUT2D eigenvalue weighted by molar-refractivity contribution is -0.314. The van der Waals surface area contributed by atoms with Crippen LogP contribution >= 0.6 is 0 Å². The SMILES string of the molecule is C/C(=N/NC(N)=O)[C@@]1(C)CC[C@@H](C(=O)[O-])C1(C)C. The highest BCUT2D eigenvalue weighted by Gasteiger charge is 2.53. The van der Waals surface area contributed by atoms with Crippen LogP contribution in [-0.4, -0.2) is 17.7 Å². The van der Waals surface area contributed by atoms with Crippen molar-refractivity contribution >= 4 is 17.7 Å². The molecule has 1 aliphatic rings. The third-order valence-corrected chi connectivity index (χ3v) is 4.64. The molecular formula is C12H20N3O3-. The van der Waals surface area contributed by atoms with Crippen molar-refractivity contribution in [2.45, 2.75) is 40.5 Å². The van der Waals surface area contributed by atoms with Crippen LogP contribution in [0.1, 0.15) is 40.5 Å². The summed E-state index contributed by atoms with van der Waals surface area (Å²) in [5.74, 6) is -1.54. The number of nitrogens with zero attached hydrogens (tertiary/aromatic N) is 1. The smallest absolute Gasteiger partial charge is 0.332 e. The van der Waals surface area contributed by atoms with Crippen molar-refractivity contribution in [1.82, 2.24) is 5.43 Å². The number of aliphatic carboxylic acids is 1. The number of carbonyl (C=O) groups excluding carboxylic acids is 2. The van der Waals surface area contributed by atoms with E-state index in [1.807, 2.05) is 20.8 Å². The molecule has 0 radical (unpaired) electrons. The average Bonchev–Trinajstić information content (AvgIpc) is 2.47. The average molecular weight is 254 g/mol. The van der Waals surface area contributed by atoms with Crippen molar-refractivity contribution in [3.8, 4) is 0 Å². The maximum absolute atomic E-state index is 11.2. The van der Waals surface area contributed by atoms with Crippen molar-refractivity contribution < 1.29 is 14.7 Å². The molecule has 0 aromatic rings. The number of amides is 2. The molecular weight excluding hydrogens is 234 g/mol. The van der Waals surface area contributed by atoms with E-state index in [1.165, 1.54) is 0 Å². The highest BCUT2D eigenvalue weighted by atomic mass is 16.4. The van der Waals surface area contributed by atoms with Gasteiger partial charge in [0, 0.05) is 23.0 Å². The van der Waals surface area contributed by atoms with E-state index in [1.54, 1.807) is 6.92 Å². The zero-order chi connectivity index (χ0) is 14.1. The lowest BCUT2D eigenvalue weighted by Gasteiger charge is -2.42. The van der Waals surface area contributed by atoms with E-state index >= 15 is 0 Å². The number of hydrogen-bond acceptors (Lipinski definition) is 4. The molecule has 102 valence electrons. The molecule has 3 N–H and O–H groups in total. The standard InChI is InChI=1S/C12H21N3O3/c1-7(14-15-10(13)18)12(4)6-5-8(9(16)17)11(12,2)3/h8H,5-6H2,1-4H3,(H,16,17)(H3,13,15,18)/p-1/b14-7-/t8-,12+/m0/s1. The van der Waals surface area contributed by atoms with Gasteiger partial charge in [-0.05, 0) is 25.2 Å². The maximum Gasteiger partial charge on any atom is 0.332 e. The molecule has 1 fully saturated rings. The van der Waals surface area contributed by atoms with Crippen LogP contribution in [0.5, 0.6) is 0 Å². The molecule has 0 unspecified atom stereocenters. The molecule has 0 spiro atoms. The Morgan fingerprint density at radius 3 is 2.33 bits per heavy atom. The van der Waals surface area contributed by atoms with Crippen molar-refractivity contribution in [3.05, 3.63) is 0 Å². The first-order valence-corrected chi connectivity index (χ1v) is 5.94. The van der Waals surface area contributed by atoms with Crippen LogP contribution in [0.2, 0.25) is 0 Å². The molecule has 0 aromatic heterocycles. The molecule has 2 atom stereocenters. The Labute approximate surface area is 107 Å². The van der Waals surface area contributed by atoms with Gasteiger partial charge in [-0.2, -0.15) is 5.10 Å². The number of hydrazone groups is 1. The molecule has 6 nitrogen and oxygen atoms in total. The summed E-state index contributed by atoms with van der Waals surface area (Å²) in [5, 5.41) is 15.1. The van der Waals surface area contributed by atoms with Crippen LogP contribution in [0.4, 0.5) is 4.79 Å². The van der Waals surface area contributed by atoms with Crippen LogP contribution in [0.15, 0.2) is 5.10 Å². The van der Waals surface area contributed by atoms with Gasteiger partial charge in [-0.1, -0.05) is 20.8 Å². The fraction of sp³-hybridized carbons (Fsp3) is 0.750. The maximum atomic E-state index is 11.2. The van der Waals surface area contributed by atoms with Gasteiger partial charge in [0.05, 0.1) is 0 Å². The molecule has 0 aromatic carbocycles. The Hall–Kier alpha value is -1.59. The predicted molar refractivity (Wildman–Crippen MR) is 65.4 cm³/mol. The van der Waals surface area contributed by atoms with Crippen LogP contribution in [0.3, 0.4) is 0 Å². The molecule has 1 aliphatic carbocycles. The number of primary amides is 1. The second-order valence-electron chi connectivity index (χ2n) is 5.64. The van der Waals surface area contributed by atoms with Gasteiger partial charge in [0.15, 0.2) is 0 Å². The van der Waals surface area contributed by atoms with Gasteiger partial charge in [0.1, 0.15) is 0 Å². The third kappa shape index (κ3) is 2.19. The number of nitrogens with one attached hydrogen (secondary N) is 1. The molecule has 18 heavy (non-hydrogen) atoms. The summed E-state index contributed by atoms with van der Waals surface area (Å²) in [6.07, 6.45) is 1.24. The van der Waals surface area contributed by atoms with E-state index in [9.17, 15) is 14.7 Å². The van der Waals surface area contributed by atoms with E-state index in [2.05, 4.69) is 10.5 Å². The molecule has 0 saturated heterocycles. The highest BCUT2D eigenvalue weighted by Crippen LogP contribution is 2.56. The number of rotatable bonds is 3. The van der Waals surface area contributed by atoms with Gasteiger partial charge < -0.3 is 15.6 Å². The Kier molecular flexibility index (Phi) is 3.69. The first kappa shape index (κ1) is 14.5. The van der Waals surface area contributed by atoms with Crippen molar-refractivity contribution in [2.24, 2.45) is 27.6 Å². The summed E-state index contributed by atoms with van der Waals surface area (Å²) in [5.41, 5.74) is 6.94. The minimum Gasteiger partial charge on any atom is -0.550 e. The second kappa shape index (κ2) is 4.59. The van der Waals surface area contributed by atoms with Crippen molar-refractivity contribution in [2.75, 3.05) is 0 Å². The minimum atomic E-state index is -1.03. The van der Waals surface area contributed by atoms with Crippen LogP contribution in [-0.2, 0) is 4.79 Å². The highest BCUT2D eigenvalue weighted by molar-refractivity contribution is 5.90. The first-order chi connectivity index (χ1) is 8.13. The van der Waals surface area contributed by atoms with Crippen LogP contribution < -0.4 is 16.3 Å². The van der Waals surface area contributed by atoms with Crippen LogP contribution in [0, 0.1) is 16.7 Å². The molecule has 0 heterocycles. The number of carboxylic acid groups (broad SMARTS) is 1. The van der Waals surface area contributed by atoms with E-state index in [-0.39, 0.29) is 0 Å². The summed E-state index contributed by atoms with van der Waals surface area (Å²) in [6, 6.07) is -0.731. The van der Waals surface area contributed by atoms with Gasteiger partial charge >= 0.3 is 6.03 Å². The molecule has 0 aliphatic heterocycles. The summed E-state index contributed by atoms with van der Waals surface area (Å²) >= 11 is 0. The number of carboxylic acids is 1. The van der Waals surface area contributed by atoms with Crippen LogP contribution in [0.25, 0.3) is 0 Å². The van der Waals surface area contributed by atoms with Gasteiger partial charge in [-0.25, -0.2) is 10.2 Å². The lowest BCUT2D eigenvalue weighted by Crippen LogP contribution is -2.46.